The van der Waals surface area contributed by atoms with Crippen LogP contribution in [0.4, 0.5) is 5.69 Å². The van der Waals surface area contributed by atoms with Gasteiger partial charge in [-0.15, -0.1) is 0 Å². The molecule has 0 saturated heterocycles. The van der Waals surface area contributed by atoms with Crippen molar-refractivity contribution in [2.75, 3.05) is 18.5 Å². The van der Waals surface area contributed by atoms with Crippen LogP contribution < -0.4 is 10.1 Å². The Morgan fingerprint density at radius 1 is 1.00 bits per heavy atom. The molecule has 0 saturated carbocycles. The van der Waals surface area contributed by atoms with Crippen molar-refractivity contribution < 1.29 is 14.3 Å². The van der Waals surface area contributed by atoms with E-state index < -0.39 is 0 Å². The highest BCUT2D eigenvalue weighted by Crippen LogP contribution is 2.31. The third kappa shape index (κ3) is 4.25. The van der Waals surface area contributed by atoms with Crippen LogP contribution in [0.2, 0.25) is 0 Å². The third-order valence-electron chi connectivity index (χ3n) is 4.35. The van der Waals surface area contributed by atoms with Crippen LogP contribution in [0.5, 0.6) is 5.75 Å². The highest BCUT2D eigenvalue weighted by Gasteiger charge is 2.39. The number of nitrogens with zero attached hydrogens (tertiary/aromatic N) is 1. The first-order valence-corrected chi connectivity index (χ1v) is 9.67. The van der Waals surface area contributed by atoms with Gasteiger partial charge < -0.3 is 10.1 Å². The Hall–Kier alpha value is -3.08. The van der Waals surface area contributed by atoms with Crippen LogP contribution in [0.3, 0.4) is 0 Å². The molecule has 2 aromatic carbocycles. The lowest BCUT2D eigenvalue weighted by molar-refractivity contribution is -0.137. The van der Waals surface area contributed by atoms with E-state index in [2.05, 4.69) is 5.32 Å². The van der Waals surface area contributed by atoms with Crippen LogP contribution in [0.1, 0.15) is 32.8 Å². The van der Waals surface area contributed by atoms with Gasteiger partial charge in [-0.3, -0.25) is 14.5 Å². The second kappa shape index (κ2) is 8.74. The Bertz CT molecular complexity index is 888. The largest absolute Gasteiger partial charge is 0.494 e. The van der Waals surface area contributed by atoms with Crippen LogP contribution in [0.25, 0.3) is 5.57 Å². The second-order valence-corrected chi connectivity index (χ2v) is 7.23. The average molecular weight is 378 g/mol. The van der Waals surface area contributed by atoms with Gasteiger partial charge in [0.2, 0.25) is 0 Å². The molecule has 0 unspecified atom stereocenters. The van der Waals surface area contributed by atoms with Crippen LogP contribution in [0, 0.1) is 5.92 Å². The summed E-state index contributed by atoms with van der Waals surface area (Å²) >= 11 is 0. The summed E-state index contributed by atoms with van der Waals surface area (Å²) in [5.74, 6) is 0.364. The number of benzene rings is 2. The normalized spacial score (nSPS) is 14.2. The first-order chi connectivity index (χ1) is 13.5. The summed E-state index contributed by atoms with van der Waals surface area (Å²) in [6, 6.07) is 16.8. The molecule has 1 aliphatic heterocycles. The summed E-state index contributed by atoms with van der Waals surface area (Å²) in [6.07, 6.45) is 0.915. The molecule has 1 aliphatic rings. The van der Waals surface area contributed by atoms with Crippen LogP contribution in [0.15, 0.2) is 60.3 Å². The van der Waals surface area contributed by atoms with Gasteiger partial charge in [0.1, 0.15) is 11.4 Å². The molecule has 0 fully saturated rings. The maximum absolute atomic E-state index is 13.0. The lowest BCUT2D eigenvalue weighted by Gasteiger charge is -2.17. The van der Waals surface area contributed by atoms with Crippen molar-refractivity contribution in [2.24, 2.45) is 5.92 Å². The topological polar surface area (TPSA) is 58.6 Å². The first kappa shape index (κ1) is 19.7. The predicted molar refractivity (Wildman–Crippen MR) is 111 cm³/mol. The first-order valence-electron chi connectivity index (χ1n) is 9.67. The molecule has 5 heteroatoms. The number of carbonyl (C=O) groups excluding carboxylic acids is 2. The number of amides is 2. The number of hydrogen-bond donors (Lipinski definition) is 1. The fourth-order valence-electron chi connectivity index (χ4n) is 3.12. The summed E-state index contributed by atoms with van der Waals surface area (Å²) in [7, 11) is 0. The third-order valence-corrected chi connectivity index (χ3v) is 4.35. The summed E-state index contributed by atoms with van der Waals surface area (Å²) in [6.45, 7) is 7.04. The Balaban J connectivity index is 1.97. The zero-order valence-corrected chi connectivity index (χ0v) is 16.6. The van der Waals surface area contributed by atoms with Crippen molar-refractivity contribution in [1.82, 2.24) is 4.90 Å². The molecule has 1 N–H and O–H groups in total. The number of rotatable bonds is 8. The van der Waals surface area contributed by atoms with Gasteiger partial charge in [-0.1, -0.05) is 57.2 Å². The van der Waals surface area contributed by atoms with Gasteiger partial charge in [-0.25, -0.2) is 0 Å². The monoisotopic (exact) mass is 378 g/mol. The van der Waals surface area contributed by atoms with E-state index in [0.717, 1.165) is 17.7 Å². The molecule has 146 valence electrons. The molecule has 2 aromatic rings. The van der Waals surface area contributed by atoms with Crippen LogP contribution in [-0.4, -0.2) is 29.9 Å². The maximum Gasteiger partial charge on any atom is 0.278 e. The van der Waals surface area contributed by atoms with Crippen LogP contribution in [-0.2, 0) is 9.59 Å². The molecule has 2 amide bonds. The molecular formula is C23H26N2O3. The number of ether oxygens (including phenoxy) is 1. The average Bonchev–Trinajstić information content (AvgIpc) is 2.91. The second-order valence-electron chi connectivity index (χ2n) is 7.23. The van der Waals surface area contributed by atoms with Gasteiger partial charge in [0.25, 0.3) is 11.8 Å². The van der Waals surface area contributed by atoms with Gasteiger partial charge in [0.15, 0.2) is 0 Å². The Labute approximate surface area is 166 Å². The van der Waals surface area contributed by atoms with Crippen molar-refractivity contribution >= 4 is 23.1 Å². The van der Waals surface area contributed by atoms with Gasteiger partial charge in [-0.05, 0) is 30.0 Å². The predicted octanol–water partition coefficient (Wildman–Crippen LogP) is 4.32. The van der Waals surface area contributed by atoms with E-state index in [4.69, 9.17) is 4.74 Å². The molecule has 28 heavy (non-hydrogen) atoms. The van der Waals surface area contributed by atoms with Gasteiger partial charge >= 0.3 is 0 Å². The Morgan fingerprint density at radius 3 is 2.43 bits per heavy atom. The number of nitrogens with one attached hydrogen (secondary N) is 1. The lowest BCUT2D eigenvalue weighted by Crippen LogP contribution is -2.35. The highest BCUT2D eigenvalue weighted by atomic mass is 16.5. The minimum absolute atomic E-state index is 0.190. The fraction of sp³-hybridized carbons (Fsp3) is 0.304. The molecule has 3 rings (SSSR count). The smallest absolute Gasteiger partial charge is 0.278 e. The minimum Gasteiger partial charge on any atom is -0.494 e. The van der Waals surface area contributed by atoms with Gasteiger partial charge in [-0.2, -0.15) is 0 Å². The number of carbonyl (C=O) groups is 2. The summed E-state index contributed by atoms with van der Waals surface area (Å²) in [5.41, 5.74) is 2.16. The summed E-state index contributed by atoms with van der Waals surface area (Å²) < 4.78 is 5.68. The standard InChI is InChI=1S/C23H26N2O3/c1-4-13-28-19-12-8-11-18(14-19)24-21-20(17-9-6-5-7-10-17)22(26)25(23(21)27)15-16(2)3/h5-12,14,16,24H,4,13,15H2,1-3H3. The Kier molecular flexibility index (Phi) is 6.14. The number of hydrogen-bond acceptors (Lipinski definition) is 4. The maximum atomic E-state index is 13.0. The Morgan fingerprint density at radius 2 is 1.75 bits per heavy atom. The SMILES string of the molecule is CCCOc1cccc(NC2=C(c3ccccc3)C(=O)N(CC(C)C)C2=O)c1. The molecular weight excluding hydrogens is 352 g/mol. The highest BCUT2D eigenvalue weighted by molar-refractivity contribution is 6.36. The van der Waals surface area contributed by atoms with E-state index >= 15 is 0 Å². The van der Waals surface area contributed by atoms with E-state index in [0.29, 0.717) is 30.1 Å². The van der Waals surface area contributed by atoms with Crippen molar-refractivity contribution in [3.8, 4) is 5.75 Å². The summed E-state index contributed by atoms with van der Waals surface area (Å²) in [4.78, 5) is 27.4. The molecule has 0 spiro atoms. The summed E-state index contributed by atoms with van der Waals surface area (Å²) in [5, 5.41) is 3.18. The fourth-order valence-corrected chi connectivity index (χ4v) is 3.12. The molecule has 0 radical (unpaired) electrons. The van der Waals surface area contributed by atoms with Crippen molar-refractivity contribution in [3.05, 3.63) is 65.9 Å². The minimum atomic E-state index is -0.294. The van der Waals surface area contributed by atoms with E-state index in [1.54, 1.807) is 0 Å². The zero-order valence-electron chi connectivity index (χ0n) is 16.6. The van der Waals surface area contributed by atoms with E-state index in [1.807, 2.05) is 75.4 Å². The van der Waals surface area contributed by atoms with E-state index in [9.17, 15) is 9.59 Å². The molecule has 0 bridgehead atoms. The van der Waals surface area contributed by atoms with E-state index in [-0.39, 0.29) is 17.7 Å². The zero-order chi connectivity index (χ0) is 20.1. The van der Waals surface area contributed by atoms with E-state index in [1.165, 1.54) is 4.90 Å². The number of imide groups is 1. The quantitative estimate of drug-likeness (QED) is 0.695. The molecule has 0 atom stereocenters. The molecule has 5 nitrogen and oxygen atoms in total. The van der Waals surface area contributed by atoms with Crippen molar-refractivity contribution in [2.45, 2.75) is 27.2 Å². The van der Waals surface area contributed by atoms with Crippen molar-refractivity contribution in [3.63, 3.8) is 0 Å². The molecule has 0 aliphatic carbocycles. The lowest BCUT2D eigenvalue weighted by atomic mass is 10.0. The van der Waals surface area contributed by atoms with Gasteiger partial charge in [0, 0.05) is 18.3 Å². The number of anilines is 1. The van der Waals surface area contributed by atoms with Crippen molar-refractivity contribution in [1.29, 1.82) is 0 Å². The molecule has 1 heterocycles. The van der Waals surface area contributed by atoms with Crippen LogP contribution >= 0.6 is 0 Å². The molecule has 0 aromatic heterocycles. The van der Waals surface area contributed by atoms with Gasteiger partial charge in [0.05, 0.1) is 12.2 Å².